The Morgan fingerprint density at radius 3 is 2.70 bits per heavy atom. The molecule has 0 aliphatic heterocycles. The molecule has 100 valence electrons. The van der Waals surface area contributed by atoms with Gasteiger partial charge in [0.25, 0.3) is 0 Å². The first-order chi connectivity index (χ1) is 9.75. The number of carboxylic acid groups (broad SMARTS) is 1. The lowest BCUT2D eigenvalue weighted by Crippen LogP contribution is -2.08. The zero-order valence-corrected chi connectivity index (χ0v) is 11.0. The van der Waals surface area contributed by atoms with Gasteiger partial charge in [0, 0.05) is 18.3 Å². The van der Waals surface area contributed by atoms with E-state index in [-0.39, 0.29) is 12.3 Å². The molecule has 20 heavy (non-hydrogen) atoms. The maximum Gasteiger partial charge on any atom is 0.304 e. The zero-order chi connectivity index (χ0) is 13.9. The molecule has 0 spiro atoms. The van der Waals surface area contributed by atoms with Crippen LogP contribution in [0.15, 0.2) is 54.9 Å². The number of nitrogens with zero attached hydrogens (tertiary/aromatic N) is 1. The third kappa shape index (κ3) is 2.35. The molecular formula is C17H15NO2. The lowest BCUT2D eigenvalue weighted by molar-refractivity contribution is -0.137. The summed E-state index contributed by atoms with van der Waals surface area (Å²) in [4.78, 5) is 15.2. The topological polar surface area (TPSA) is 50.2 Å². The van der Waals surface area contributed by atoms with Gasteiger partial charge >= 0.3 is 5.97 Å². The van der Waals surface area contributed by atoms with Crippen LogP contribution in [0.1, 0.15) is 29.0 Å². The summed E-state index contributed by atoms with van der Waals surface area (Å²) in [5.74, 6) is -0.892. The van der Waals surface area contributed by atoms with Crippen LogP contribution in [-0.2, 0) is 11.2 Å². The molecule has 3 nitrogen and oxygen atoms in total. The first-order valence-corrected chi connectivity index (χ1v) is 6.66. The van der Waals surface area contributed by atoms with Crippen LogP contribution in [0.2, 0.25) is 0 Å². The number of fused-ring (bicyclic) bond motifs is 1. The lowest BCUT2D eigenvalue weighted by Gasteiger charge is -2.18. The van der Waals surface area contributed by atoms with E-state index in [1.165, 1.54) is 11.1 Å². The van der Waals surface area contributed by atoms with E-state index >= 15 is 0 Å². The molecule has 3 rings (SSSR count). The van der Waals surface area contributed by atoms with Gasteiger partial charge in [0.2, 0.25) is 0 Å². The second-order valence-corrected chi connectivity index (χ2v) is 4.95. The fourth-order valence-corrected chi connectivity index (χ4v) is 2.82. The molecule has 3 heteroatoms. The van der Waals surface area contributed by atoms with Crippen LogP contribution in [0.5, 0.6) is 0 Å². The molecule has 1 heterocycles. The quantitative estimate of drug-likeness (QED) is 0.923. The minimum atomic E-state index is -0.780. The van der Waals surface area contributed by atoms with Gasteiger partial charge in [-0.05, 0) is 40.8 Å². The fourth-order valence-electron chi connectivity index (χ4n) is 2.82. The molecule has 1 aliphatic carbocycles. The lowest BCUT2D eigenvalue weighted by atomic mass is 9.86. The van der Waals surface area contributed by atoms with Gasteiger partial charge in [-0.3, -0.25) is 9.78 Å². The van der Waals surface area contributed by atoms with E-state index in [1.807, 2.05) is 24.3 Å². The predicted octanol–water partition coefficient (Wildman–Crippen LogP) is 3.28. The smallest absolute Gasteiger partial charge is 0.304 e. The fraction of sp³-hybridized carbons (Fsp3) is 0.176. The molecule has 0 bridgehead atoms. The van der Waals surface area contributed by atoms with Gasteiger partial charge in [-0.1, -0.05) is 30.3 Å². The normalized spacial score (nSPS) is 14.5. The third-order valence-corrected chi connectivity index (χ3v) is 3.73. The van der Waals surface area contributed by atoms with E-state index < -0.39 is 5.97 Å². The van der Waals surface area contributed by atoms with Crippen molar-refractivity contribution >= 4 is 11.5 Å². The highest BCUT2D eigenvalue weighted by Gasteiger charge is 2.25. The zero-order valence-electron chi connectivity index (χ0n) is 11.0. The molecule has 1 aromatic heterocycles. The highest BCUT2D eigenvalue weighted by Crippen LogP contribution is 2.39. The van der Waals surface area contributed by atoms with Crippen LogP contribution in [0.3, 0.4) is 0 Å². The minimum absolute atomic E-state index is 0.101. The van der Waals surface area contributed by atoms with Gasteiger partial charge in [-0.25, -0.2) is 0 Å². The van der Waals surface area contributed by atoms with Gasteiger partial charge in [0.15, 0.2) is 0 Å². The summed E-state index contributed by atoms with van der Waals surface area (Å²) in [5.41, 5.74) is 4.57. The van der Waals surface area contributed by atoms with Crippen molar-refractivity contribution in [2.75, 3.05) is 0 Å². The van der Waals surface area contributed by atoms with E-state index in [9.17, 15) is 9.90 Å². The Hall–Kier alpha value is -2.42. The molecule has 2 aromatic rings. The molecule has 0 radical (unpaired) electrons. The number of carboxylic acids is 1. The van der Waals surface area contributed by atoms with Crippen molar-refractivity contribution < 1.29 is 9.90 Å². The number of pyridine rings is 1. The van der Waals surface area contributed by atoms with Crippen molar-refractivity contribution in [2.45, 2.75) is 18.8 Å². The molecule has 1 N–H and O–H groups in total. The van der Waals surface area contributed by atoms with E-state index in [0.29, 0.717) is 0 Å². The summed E-state index contributed by atoms with van der Waals surface area (Å²) in [5, 5.41) is 9.21. The Kier molecular flexibility index (Phi) is 3.33. The SMILES string of the molecule is O=C(O)C[C@H](C1=CCc2ccccc21)c1ccncc1. The summed E-state index contributed by atoms with van der Waals surface area (Å²) in [7, 11) is 0. The largest absolute Gasteiger partial charge is 0.481 e. The molecule has 1 atom stereocenters. The first-order valence-electron chi connectivity index (χ1n) is 6.66. The average Bonchev–Trinajstić information content (AvgIpc) is 2.89. The Bertz CT molecular complexity index is 662. The monoisotopic (exact) mass is 265 g/mol. The van der Waals surface area contributed by atoms with Crippen molar-refractivity contribution in [1.82, 2.24) is 4.98 Å². The van der Waals surface area contributed by atoms with Crippen LogP contribution in [0.4, 0.5) is 0 Å². The van der Waals surface area contributed by atoms with E-state index in [2.05, 4.69) is 23.2 Å². The number of rotatable bonds is 4. The number of allylic oxidation sites excluding steroid dienone is 2. The summed E-state index contributed by atoms with van der Waals surface area (Å²) in [6.45, 7) is 0. The van der Waals surface area contributed by atoms with Gasteiger partial charge in [0.1, 0.15) is 0 Å². The van der Waals surface area contributed by atoms with Gasteiger partial charge < -0.3 is 5.11 Å². The van der Waals surface area contributed by atoms with Crippen LogP contribution in [0, 0.1) is 0 Å². The molecule has 1 aliphatic rings. The molecular weight excluding hydrogens is 250 g/mol. The van der Waals surface area contributed by atoms with Crippen molar-refractivity contribution in [2.24, 2.45) is 0 Å². The predicted molar refractivity (Wildman–Crippen MR) is 77.4 cm³/mol. The second-order valence-electron chi connectivity index (χ2n) is 4.95. The summed E-state index contributed by atoms with van der Waals surface area (Å²) >= 11 is 0. The molecule has 0 unspecified atom stereocenters. The van der Waals surface area contributed by atoms with Crippen LogP contribution >= 0.6 is 0 Å². The molecule has 0 fully saturated rings. The average molecular weight is 265 g/mol. The van der Waals surface area contributed by atoms with Crippen LogP contribution in [-0.4, -0.2) is 16.1 Å². The Labute approximate surface area is 117 Å². The summed E-state index contributed by atoms with van der Waals surface area (Å²) in [6.07, 6.45) is 6.56. The van der Waals surface area contributed by atoms with E-state index in [1.54, 1.807) is 12.4 Å². The van der Waals surface area contributed by atoms with E-state index in [0.717, 1.165) is 17.6 Å². The maximum atomic E-state index is 11.2. The Morgan fingerprint density at radius 2 is 1.95 bits per heavy atom. The van der Waals surface area contributed by atoms with Crippen LogP contribution in [0.25, 0.3) is 5.57 Å². The number of carbonyl (C=O) groups is 1. The Balaban J connectivity index is 2.02. The maximum absolute atomic E-state index is 11.2. The number of benzene rings is 1. The summed E-state index contributed by atoms with van der Waals surface area (Å²) < 4.78 is 0. The molecule has 0 saturated carbocycles. The molecule has 1 aromatic carbocycles. The highest BCUT2D eigenvalue weighted by molar-refractivity contribution is 5.81. The standard InChI is InChI=1S/C17H15NO2/c19-17(20)11-16(13-7-9-18-10-8-13)15-6-5-12-3-1-2-4-14(12)15/h1-4,6-10,16H,5,11H2,(H,19,20)/t16-/m0/s1. The number of hydrogen-bond acceptors (Lipinski definition) is 2. The van der Waals surface area contributed by atoms with Crippen LogP contribution < -0.4 is 0 Å². The molecule has 0 saturated heterocycles. The Morgan fingerprint density at radius 1 is 1.20 bits per heavy atom. The van der Waals surface area contributed by atoms with E-state index in [4.69, 9.17) is 0 Å². The van der Waals surface area contributed by atoms with Gasteiger partial charge in [-0.15, -0.1) is 0 Å². The third-order valence-electron chi connectivity index (χ3n) is 3.73. The highest BCUT2D eigenvalue weighted by atomic mass is 16.4. The second kappa shape index (κ2) is 5.29. The van der Waals surface area contributed by atoms with Crippen molar-refractivity contribution in [3.63, 3.8) is 0 Å². The number of aromatic nitrogens is 1. The summed E-state index contributed by atoms with van der Waals surface area (Å²) in [6, 6.07) is 12.0. The first kappa shape index (κ1) is 12.6. The van der Waals surface area contributed by atoms with Gasteiger partial charge in [-0.2, -0.15) is 0 Å². The number of aliphatic carboxylic acids is 1. The van der Waals surface area contributed by atoms with Crippen molar-refractivity contribution in [1.29, 1.82) is 0 Å². The van der Waals surface area contributed by atoms with Crippen molar-refractivity contribution in [3.05, 3.63) is 71.6 Å². The minimum Gasteiger partial charge on any atom is -0.481 e. The van der Waals surface area contributed by atoms with Crippen molar-refractivity contribution in [3.8, 4) is 0 Å². The van der Waals surface area contributed by atoms with Gasteiger partial charge in [0.05, 0.1) is 6.42 Å². The number of hydrogen-bond donors (Lipinski definition) is 1. The molecule has 0 amide bonds.